The summed E-state index contributed by atoms with van der Waals surface area (Å²) in [6.07, 6.45) is 1.95. The van der Waals surface area contributed by atoms with Gasteiger partial charge < -0.3 is 10.2 Å². The van der Waals surface area contributed by atoms with Gasteiger partial charge in [-0.2, -0.15) is 0 Å². The van der Waals surface area contributed by atoms with Gasteiger partial charge in [0.1, 0.15) is 12.6 Å². The first-order valence-electron chi connectivity index (χ1n) is 13.4. The standard InChI is InChI=1S/C31H36BrN3O5S/c1-5-22(2)33-31(38)29(18-24-11-7-6-8-12-24)34(20-25-13-9-15-27(32)17-25)30(37)21-35(41(4,39)40)28-16-10-14-26(19-28)23(3)36/h6-17,19,22,29H,5,18,20-21H2,1-4H3,(H,33,38)/t22-,29+/m1/s1. The van der Waals surface area contributed by atoms with Crippen molar-refractivity contribution < 1.29 is 22.8 Å². The summed E-state index contributed by atoms with van der Waals surface area (Å²) in [6, 6.07) is 21.9. The van der Waals surface area contributed by atoms with Crippen LogP contribution in [0.2, 0.25) is 0 Å². The predicted molar refractivity (Wildman–Crippen MR) is 165 cm³/mol. The van der Waals surface area contributed by atoms with Crippen LogP contribution in [0, 0.1) is 0 Å². The Kier molecular flexibility index (Phi) is 11.3. The van der Waals surface area contributed by atoms with Gasteiger partial charge in [-0.15, -0.1) is 0 Å². The number of nitrogens with zero attached hydrogens (tertiary/aromatic N) is 2. The largest absolute Gasteiger partial charge is 0.352 e. The van der Waals surface area contributed by atoms with Crippen molar-refractivity contribution in [1.82, 2.24) is 10.2 Å². The van der Waals surface area contributed by atoms with Crippen LogP contribution in [0.15, 0.2) is 83.3 Å². The van der Waals surface area contributed by atoms with Crippen LogP contribution in [-0.4, -0.2) is 55.8 Å². The zero-order valence-electron chi connectivity index (χ0n) is 23.7. The molecule has 0 heterocycles. The third kappa shape index (κ3) is 9.26. The molecule has 0 spiro atoms. The summed E-state index contributed by atoms with van der Waals surface area (Å²) in [6.45, 7) is 4.77. The smallest absolute Gasteiger partial charge is 0.244 e. The van der Waals surface area contributed by atoms with Crippen molar-refractivity contribution in [3.63, 3.8) is 0 Å². The number of amides is 2. The van der Waals surface area contributed by atoms with Crippen molar-refractivity contribution in [3.8, 4) is 0 Å². The maximum atomic E-state index is 14.1. The maximum Gasteiger partial charge on any atom is 0.244 e. The van der Waals surface area contributed by atoms with E-state index in [0.717, 1.165) is 26.2 Å². The first-order chi connectivity index (χ1) is 19.4. The zero-order chi connectivity index (χ0) is 30.2. The van der Waals surface area contributed by atoms with Crippen molar-refractivity contribution in [1.29, 1.82) is 0 Å². The summed E-state index contributed by atoms with van der Waals surface area (Å²) in [4.78, 5) is 41.3. The number of carbonyl (C=O) groups excluding carboxylic acids is 3. The monoisotopic (exact) mass is 641 g/mol. The molecule has 0 fully saturated rings. The number of hydrogen-bond donors (Lipinski definition) is 1. The van der Waals surface area contributed by atoms with Gasteiger partial charge in [0, 0.05) is 29.0 Å². The highest BCUT2D eigenvalue weighted by atomic mass is 79.9. The van der Waals surface area contributed by atoms with Crippen LogP contribution in [0.25, 0.3) is 0 Å². The van der Waals surface area contributed by atoms with Crippen LogP contribution >= 0.6 is 15.9 Å². The molecule has 2 amide bonds. The SMILES string of the molecule is CC[C@@H](C)NC(=O)[C@H](Cc1ccccc1)N(Cc1cccc(Br)c1)C(=O)CN(c1cccc(C(C)=O)c1)S(C)(=O)=O. The second-order valence-electron chi connectivity index (χ2n) is 10.1. The van der Waals surface area contributed by atoms with E-state index in [1.165, 1.54) is 24.0 Å². The Bertz CT molecular complexity index is 1480. The summed E-state index contributed by atoms with van der Waals surface area (Å²) >= 11 is 3.47. The van der Waals surface area contributed by atoms with E-state index in [-0.39, 0.29) is 36.4 Å². The molecule has 0 radical (unpaired) electrons. The summed E-state index contributed by atoms with van der Waals surface area (Å²) in [7, 11) is -3.93. The third-order valence-electron chi connectivity index (χ3n) is 6.73. The van der Waals surface area contributed by atoms with Gasteiger partial charge >= 0.3 is 0 Å². The number of hydrogen-bond acceptors (Lipinski definition) is 5. The Labute approximate surface area is 250 Å². The quantitative estimate of drug-likeness (QED) is 0.265. The predicted octanol–water partition coefficient (Wildman–Crippen LogP) is 4.97. The van der Waals surface area contributed by atoms with E-state index < -0.39 is 28.5 Å². The number of halogens is 1. The minimum absolute atomic E-state index is 0.0782. The Morgan fingerprint density at radius 1 is 0.927 bits per heavy atom. The lowest BCUT2D eigenvalue weighted by atomic mass is 10.0. The number of rotatable bonds is 13. The fraction of sp³-hybridized carbons (Fsp3) is 0.323. The van der Waals surface area contributed by atoms with E-state index >= 15 is 0 Å². The number of anilines is 1. The molecular formula is C31H36BrN3O5S. The lowest BCUT2D eigenvalue weighted by Crippen LogP contribution is -2.54. The van der Waals surface area contributed by atoms with E-state index in [4.69, 9.17) is 0 Å². The summed E-state index contributed by atoms with van der Waals surface area (Å²) < 4.78 is 27.7. The molecule has 0 aliphatic rings. The molecule has 10 heteroatoms. The number of carbonyl (C=O) groups is 3. The Balaban J connectivity index is 2.08. The van der Waals surface area contributed by atoms with Crippen LogP contribution < -0.4 is 9.62 Å². The van der Waals surface area contributed by atoms with Gasteiger partial charge in [-0.25, -0.2) is 8.42 Å². The number of nitrogens with one attached hydrogen (secondary N) is 1. The molecule has 0 aliphatic heterocycles. The Hall–Kier alpha value is -3.50. The number of sulfonamides is 1. The van der Waals surface area contributed by atoms with Crippen LogP contribution in [-0.2, 0) is 32.6 Å². The van der Waals surface area contributed by atoms with Crippen molar-refractivity contribution in [2.75, 3.05) is 17.1 Å². The van der Waals surface area contributed by atoms with E-state index in [9.17, 15) is 22.8 Å². The summed E-state index contributed by atoms with van der Waals surface area (Å²) in [5, 5.41) is 3.01. The summed E-state index contributed by atoms with van der Waals surface area (Å²) in [5.74, 6) is -1.10. The molecule has 0 saturated heterocycles. The number of Topliss-reactive ketones (excluding diaryl/α,β-unsaturated/α-hetero) is 1. The molecular weight excluding hydrogens is 606 g/mol. The fourth-order valence-electron chi connectivity index (χ4n) is 4.32. The average molecular weight is 643 g/mol. The Morgan fingerprint density at radius 3 is 2.20 bits per heavy atom. The van der Waals surface area contributed by atoms with Gasteiger partial charge in [0.25, 0.3) is 0 Å². The van der Waals surface area contributed by atoms with E-state index in [2.05, 4.69) is 21.2 Å². The lowest BCUT2D eigenvalue weighted by Gasteiger charge is -2.34. The van der Waals surface area contributed by atoms with Crippen LogP contribution in [0.5, 0.6) is 0 Å². The molecule has 0 saturated carbocycles. The molecule has 0 unspecified atom stereocenters. The molecule has 3 aromatic carbocycles. The molecule has 8 nitrogen and oxygen atoms in total. The molecule has 3 rings (SSSR count). The van der Waals surface area contributed by atoms with Gasteiger partial charge in [0.15, 0.2) is 5.78 Å². The van der Waals surface area contributed by atoms with E-state index in [0.29, 0.717) is 12.0 Å². The minimum atomic E-state index is -3.93. The third-order valence-corrected chi connectivity index (χ3v) is 8.37. The fourth-order valence-corrected chi connectivity index (χ4v) is 5.61. The van der Waals surface area contributed by atoms with Gasteiger partial charge in [0.05, 0.1) is 11.9 Å². The molecule has 0 aromatic heterocycles. The second-order valence-corrected chi connectivity index (χ2v) is 12.9. The van der Waals surface area contributed by atoms with Crippen molar-refractivity contribution in [3.05, 3.63) is 100 Å². The molecule has 0 aliphatic carbocycles. The van der Waals surface area contributed by atoms with E-state index in [1.807, 2.05) is 68.4 Å². The molecule has 2 atom stereocenters. The van der Waals surface area contributed by atoms with Crippen molar-refractivity contribution in [2.24, 2.45) is 0 Å². The minimum Gasteiger partial charge on any atom is -0.352 e. The topological polar surface area (TPSA) is 104 Å². The molecule has 218 valence electrons. The van der Waals surface area contributed by atoms with Gasteiger partial charge in [-0.05, 0) is 55.7 Å². The highest BCUT2D eigenvalue weighted by Gasteiger charge is 2.33. The molecule has 41 heavy (non-hydrogen) atoms. The van der Waals surface area contributed by atoms with Gasteiger partial charge in [-0.1, -0.05) is 77.5 Å². The highest BCUT2D eigenvalue weighted by molar-refractivity contribution is 9.10. The highest BCUT2D eigenvalue weighted by Crippen LogP contribution is 2.22. The molecule has 1 N–H and O–H groups in total. The van der Waals surface area contributed by atoms with E-state index in [1.54, 1.807) is 12.1 Å². The zero-order valence-corrected chi connectivity index (χ0v) is 26.1. The maximum absolute atomic E-state index is 14.1. The second kappa shape index (κ2) is 14.4. The van der Waals surface area contributed by atoms with Gasteiger partial charge in [0.2, 0.25) is 21.8 Å². The summed E-state index contributed by atoms with van der Waals surface area (Å²) in [5.41, 5.74) is 2.15. The molecule has 3 aromatic rings. The normalized spacial score (nSPS) is 12.7. The van der Waals surface area contributed by atoms with Crippen LogP contribution in [0.4, 0.5) is 5.69 Å². The Morgan fingerprint density at radius 2 is 1.59 bits per heavy atom. The first-order valence-corrected chi connectivity index (χ1v) is 16.0. The average Bonchev–Trinajstić information content (AvgIpc) is 2.93. The van der Waals surface area contributed by atoms with Crippen LogP contribution in [0.3, 0.4) is 0 Å². The van der Waals surface area contributed by atoms with Gasteiger partial charge in [-0.3, -0.25) is 18.7 Å². The number of ketones is 1. The first kappa shape index (κ1) is 32.0. The van der Waals surface area contributed by atoms with Crippen molar-refractivity contribution in [2.45, 2.75) is 52.2 Å². The number of benzene rings is 3. The molecule has 0 bridgehead atoms. The van der Waals surface area contributed by atoms with Crippen LogP contribution in [0.1, 0.15) is 48.7 Å². The lowest BCUT2D eigenvalue weighted by molar-refractivity contribution is -0.140. The van der Waals surface area contributed by atoms with Crippen molar-refractivity contribution >= 4 is 49.2 Å².